The van der Waals surface area contributed by atoms with E-state index in [2.05, 4.69) is 10.4 Å². The van der Waals surface area contributed by atoms with Gasteiger partial charge in [0.05, 0.1) is 12.2 Å². The fourth-order valence-corrected chi connectivity index (χ4v) is 2.23. The fraction of sp³-hybridized carbons (Fsp3) is 0.571. The van der Waals surface area contributed by atoms with Crippen LogP contribution < -0.4 is 11.3 Å². The molecule has 0 saturated heterocycles. The minimum absolute atomic E-state index is 0.0366. The number of pyridine rings is 1. The Kier molecular flexibility index (Phi) is 7.04. The molecule has 0 saturated carbocycles. The van der Waals surface area contributed by atoms with Crippen molar-refractivity contribution >= 4 is 11.7 Å². The lowest BCUT2D eigenvalue weighted by atomic mass is 10.1. The van der Waals surface area contributed by atoms with Gasteiger partial charge in [-0.25, -0.2) is 15.2 Å². The van der Waals surface area contributed by atoms with Gasteiger partial charge in [0.25, 0.3) is 5.91 Å². The summed E-state index contributed by atoms with van der Waals surface area (Å²) in [6, 6.07) is 1.40. The van der Waals surface area contributed by atoms with Gasteiger partial charge in [-0.2, -0.15) is 0 Å². The second-order valence-electron chi connectivity index (χ2n) is 4.63. The molecule has 0 unspecified atom stereocenters. The third-order valence-corrected chi connectivity index (χ3v) is 3.44. The van der Waals surface area contributed by atoms with Crippen molar-refractivity contribution in [3.63, 3.8) is 0 Å². The maximum atomic E-state index is 14.2. The van der Waals surface area contributed by atoms with E-state index >= 15 is 0 Å². The number of nitrogens with one attached hydrogen (secondary N) is 1. The first-order valence-electron chi connectivity index (χ1n) is 7.01. The zero-order chi connectivity index (χ0) is 15.8. The molecule has 3 N–H and O–H groups in total. The fourth-order valence-electron chi connectivity index (χ4n) is 2.23. The third kappa shape index (κ3) is 4.12. The van der Waals surface area contributed by atoms with Gasteiger partial charge in [-0.15, -0.1) is 0 Å². The van der Waals surface area contributed by atoms with Crippen molar-refractivity contribution < 1.29 is 13.9 Å². The Morgan fingerprint density at radius 3 is 2.71 bits per heavy atom. The van der Waals surface area contributed by atoms with Crippen LogP contribution in [0.25, 0.3) is 0 Å². The molecule has 0 aromatic carbocycles. The topological polar surface area (TPSA) is 80.5 Å². The molecule has 1 heterocycles. The predicted octanol–water partition coefficient (Wildman–Crippen LogP) is 1.78. The number of nitrogen functional groups attached to an aromatic ring is 1. The van der Waals surface area contributed by atoms with Gasteiger partial charge in [-0.05, 0) is 18.9 Å². The summed E-state index contributed by atoms with van der Waals surface area (Å²) in [5.74, 6) is 3.93. The van der Waals surface area contributed by atoms with E-state index in [1.807, 2.05) is 13.8 Å². The molecule has 6 nitrogen and oxygen atoms in total. The maximum Gasteiger partial charge on any atom is 0.257 e. The zero-order valence-corrected chi connectivity index (χ0v) is 12.7. The second-order valence-corrected chi connectivity index (χ2v) is 4.63. The number of aromatic nitrogens is 1. The predicted molar refractivity (Wildman–Crippen MR) is 79.3 cm³/mol. The van der Waals surface area contributed by atoms with Gasteiger partial charge in [0.1, 0.15) is 0 Å². The standard InChI is InChI=1S/C14H23FN4O2/c1-4-10(5-2)19(8-9-21-3)14(20)11-6-7-17-13(18-16)12(11)15/h6-7,10H,4-5,8-9,16H2,1-3H3,(H,17,18). The Morgan fingerprint density at radius 1 is 1.52 bits per heavy atom. The minimum atomic E-state index is -0.738. The van der Waals surface area contributed by atoms with E-state index in [1.165, 1.54) is 12.3 Å². The first-order chi connectivity index (χ1) is 10.1. The van der Waals surface area contributed by atoms with E-state index < -0.39 is 5.82 Å². The van der Waals surface area contributed by atoms with Crippen LogP contribution in [-0.2, 0) is 4.74 Å². The van der Waals surface area contributed by atoms with Crippen molar-refractivity contribution in [3.05, 3.63) is 23.6 Å². The number of hydrogen-bond acceptors (Lipinski definition) is 5. The van der Waals surface area contributed by atoms with Crippen LogP contribution in [0, 0.1) is 5.82 Å². The average molecular weight is 298 g/mol. The number of nitrogens with two attached hydrogens (primary N) is 1. The number of rotatable bonds is 8. The van der Waals surface area contributed by atoms with Crippen molar-refractivity contribution in [2.45, 2.75) is 32.7 Å². The van der Waals surface area contributed by atoms with Gasteiger partial charge in [-0.3, -0.25) is 4.79 Å². The van der Waals surface area contributed by atoms with Crippen LogP contribution in [0.2, 0.25) is 0 Å². The smallest absolute Gasteiger partial charge is 0.257 e. The van der Waals surface area contributed by atoms with E-state index in [9.17, 15) is 9.18 Å². The highest BCUT2D eigenvalue weighted by Crippen LogP contribution is 2.19. The van der Waals surface area contributed by atoms with Crippen LogP contribution in [0.4, 0.5) is 10.2 Å². The lowest BCUT2D eigenvalue weighted by molar-refractivity contribution is 0.0585. The van der Waals surface area contributed by atoms with Gasteiger partial charge < -0.3 is 15.1 Å². The molecule has 0 fully saturated rings. The molecular formula is C14H23FN4O2. The largest absolute Gasteiger partial charge is 0.383 e. The van der Waals surface area contributed by atoms with Crippen molar-refractivity contribution in [2.24, 2.45) is 5.84 Å². The highest BCUT2D eigenvalue weighted by molar-refractivity contribution is 5.95. The molecule has 7 heteroatoms. The van der Waals surface area contributed by atoms with Gasteiger partial charge in [-0.1, -0.05) is 13.8 Å². The molecule has 0 radical (unpaired) electrons. The number of methoxy groups -OCH3 is 1. The van der Waals surface area contributed by atoms with Gasteiger partial charge >= 0.3 is 0 Å². The lowest BCUT2D eigenvalue weighted by Crippen LogP contribution is -2.42. The summed E-state index contributed by atoms with van der Waals surface area (Å²) >= 11 is 0. The minimum Gasteiger partial charge on any atom is -0.383 e. The lowest BCUT2D eigenvalue weighted by Gasteiger charge is -2.30. The molecule has 1 amide bonds. The summed E-state index contributed by atoms with van der Waals surface area (Å²) < 4.78 is 19.2. The summed E-state index contributed by atoms with van der Waals surface area (Å²) in [5, 5.41) is 0. The van der Waals surface area contributed by atoms with E-state index in [0.29, 0.717) is 13.2 Å². The number of nitrogens with zero attached hydrogens (tertiary/aromatic N) is 2. The number of halogens is 1. The summed E-state index contributed by atoms with van der Waals surface area (Å²) in [6.07, 6.45) is 2.94. The zero-order valence-electron chi connectivity index (χ0n) is 12.7. The van der Waals surface area contributed by atoms with E-state index in [-0.39, 0.29) is 23.3 Å². The average Bonchev–Trinajstić information content (AvgIpc) is 2.51. The van der Waals surface area contributed by atoms with Crippen LogP contribution in [0.1, 0.15) is 37.0 Å². The van der Waals surface area contributed by atoms with Gasteiger partial charge in [0.2, 0.25) is 0 Å². The van der Waals surface area contributed by atoms with Gasteiger partial charge in [0, 0.05) is 25.9 Å². The molecule has 0 atom stereocenters. The van der Waals surface area contributed by atoms with Crippen LogP contribution in [0.5, 0.6) is 0 Å². The molecule has 1 aromatic heterocycles. The molecular weight excluding hydrogens is 275 g/mol. The Morgan fingerprint density at radius 2 is 2.19 bits per heavy atom. The molecule has 0 aliphatic heterocycles. The normalized spacial score (nSPS) is 10.8. The number of hydrogen-bond donors (Lipinski definition) is 2. The van der Waals surface area contributed by atoms with Crippen molar-refractivity contribution in [3.8, 4) is 0 Å². The Labute approximate surface area is 124 Å². The summed E-state index contributed by atoms with van der Waals surface area (Å²) in [4.78, 5) is 18.0. The van der Waals surface area contributed by atoms with Crippen molar-refractivity contribution in [1.29, 1.82) is 0 Å². The monoisotopic (exact) mass is 298 g/mol. The Balaban J connectivity index is 3.09. The molecule has 1 rings (SSSR count). The second kappa shape index (κ2) is 8.53. The van der Waals surface area contributed by atoms with Crippen LogP contribution in [0.15, 0.2) is 12.3 Å². The summed E-state index contributed by atoms with van der Waals surface area (Å²) in [7, 11) is 1.57. The molecule has 118 valence electrons. The summed E-state index contributed by atoms with van der Waals surface area (Å²) in [5.41, 5.74) is 2.11. The van der Waals surface area contributed by atoms with Crippen LogP contribution in [-0.4, -0.2) is 42.1 Å². The Hall–Kier alpha value is -1.73. The summed E-state index contributed by atoms with van der Waals surface area (Å²) in [6.45, 7) is 4.81. The Bertz CT molecular complexity index is 466. The quantitative estimate of drug-likeness (QED) is 0.565. The number of anilines is 1. The maximum absolute atomic E-state index is 14.2. The highest BCUT2D eigenvalue weighted by atomic mass is 19.1. The molecule has 0 aliphatic rings. The number of carbonyl (C=O) groups excluding carboxylic acids is 1. The molecule has 0 bridgehead atoms. The number of carbonyl (C=O) groups is 1. The SMILES string of the molecule is CCC(CC)N(CCOC)C(=O)c1ccnc(NN)c1F. The number of hydrazine groups is 1. The van der Waals surface area contributed by atoms with Crippen LogP contribution >= 0.6 is 0 Å². The van der Waals surface area contributed by atoms with E-state index in [1.54, 1.807) is 12.0 Å². The van der Waals surface area contributed by atoms with Crippen molar-refractivity contribution in [1.82, 2.24) is 9.88 Å². The molecule has 0 aliphatic carbocycles. The highest BCUT2D eigenvalue weighted by Gasteiger charge is 2.25. The van der Waals surface area contributed by atoms with Crippen LogP contribution in [0.3, 0.4) is 0 Å². The molecule has 1 aromatic rings. The van der Waals surface area contributed by atoms with Crippen molar-refractivity contribution in [2.75, 3.05) is 25.7 Å². The molecule has 21 heavy (non-hydrogen) atoms. The first kappa shape index (κ1) is 17.3. The third-order valence-electron chi connectivity index (χ3n) is 3.44. The van der Waals surface area contributed by atoms with E-state index in [0.717, 1.165) is 12.8 Å². The van der Waals surface area contributed by atoms with Gasteiger partial charge in [0.15, 0.2) is 11.6 Å². The number of ether oxygens (including phenoxy) is 1. The molecule has 0 spiro atoms. The van der Waals surface area contributed by atoms with E-state index in [4.69, 9.17) is 10.6 Å². The number of amides is 1. The first-order valence-corrected chi connectivity index (χ1v) is 7.01.